The highest BCUT2D eigenvalue weighted by molar-refractivity contribution is 5.89. The van der Waals surface area contributed by atoms with Crippen molar-refractivity contribution >= 4 is 11.9 Å². The second-order valence-corrected chi connectivity index (χ2v) is 10.2. The van der Waals surface area contributed by atoms with Gasteiger partial charge in [-0.15, -0.1) is 0 Å². The lowest BCUT2D eigenvalue weighted by Crippen LogP contribution is -2.61. The molecule has 2 atom stereocenters. The predicted octanol–water partition coefficient (Wildman–Crippen LogP) is 5.77. The van der Waals surface area contributed by atoms with Gasteiger partial charge >= 0.3 is 12.1 Å². The number of hydrogen-bond donors (Lipinski definition) is 1. The van der Waals surface area contributed by atoms with Crippen molar-refractivity contribution in [2.75, 3.05) is 20.2 Å². The van der Waals surface area contributed by atoms with Gasteiger partial charge in [-0.25, -0.2) is 13.6 Å². The van der Waals surface area contributed by atoms with Crippen LogP contribution in [0.15, 0.2) is 48.5 Å². The molecule has 4 rings (SSSR count). The molecule has 1 saturated carbocycles. The number of amides is 1. The molecule has 11 heteroatoms. The number of carbonyl (C=O) groups excluding carboxylic acids is 2. The summed E-state index contributed by atoms with van der Waals surface area (Å²) in [5.41, 5.74) is -0.948. The van der Waals surface area contributed by atoms with Crippen molar-refractivity contribution in [3.8, 4) is 5.75 Å². The quantitative estimate of drug-likeness (QED) is 0.348. The van der Waals surface area contributed by atoms with Crippen molar-refractivity contribution < 1.29 is 41.0 Å². The molecule has 212 valence electrons. The van der Waals surface area contributed by atoms with Gasteiger partial charge < -0.3 is 14.8 Å². The number of halogens is 5. The maximum Gasteiger partial charge on any atom is 0.416 e. The van der Waals surface area contributed by atoms with Gasteiger partial charge in [0.1, 0.15) is 17.4 Å². The van der Waals surface area contributed by atoms with Crippen LogP contribution in [0.5, 0.6) is 5.75 Å². The van der Waals surface area contributed by atoms with Crippen molar-refractivity contribution in [3.63, 3.8) is 0 Å². The van der Waals surface area contributed by atoms with E-state index >= 15 is 0 Å². The lowest BCUT2D eigenvalue weighted by molar-refractivity contribution is -0.143. The first-order chi connectivity index (χ1) is 18.3. The highest BCUT2D eigenvalue weighted by Crippen LogP contribution is 2.43. The molecule has 1 aliphatic carbocycles. The van der Waals surface area contributed by atoms with Crippen LogP contribution in [0.1, 0.15) is 66.6 Å². The molecule has 2 aromatic rings. The molecule has 2 aliphatic rings. The van der Waals surface area contributed by atoms with Gasteiger partial charge in [-0.2, -0.15) is 13.2 Å². The summed E-state index contributed by atoms with van der Waals surface area (Å²) < 4.78 is 78.1. The van der Waals surface area contributed by atoms with E-state index in [-0.39, 0.29) is 31.0 Å². The van der Waals surface area contributed by atoms with Crippen LogP contribution in [-0.2, 0) is 15.7 Å². The minimum Gasteiger partial charge on any atom is -0.489 e. The van der Waals surface area contributed by atoms with E-state index in [1.54, 1.807) is 31.2 Å². The van der Waals surface area contributed by atoms with Gasteiger partial charge in [0, 0.05) is 25.9 Å². The summed E-state index contributed by atoms with van der Waals surface area (Å²) >= 11 is 0. The number of ether oxygens (including phenoxy) is 2. The third kappa shape index (κ3) is 6.51. The van der Waals surface area contributed by atoms with Crippen LogP contribution in [0, 0.1) is 0 Å². The van der Waals surface area contributed by atoms with Crippen LogP contribution in [0.4, 0.5) is 22.0 Å². The monoisotopic (exact) mass is 554 g/mol. The zero-order valence-electron chi connectivity index (χ0n) is 21.7. The summed E-state index contributed by atoms with van der Waals surface area (Å²) in [5.74, 6) is -3.68. The second kappa shape index (κ2) is 11.1. The number of alkyl halides is 5. The summed E-state index contributed by atoms with van der Waals surface area (Å²) in [6.07, 6.45) is -5.58. The zero-order valence-corrected chi connectivity index (χ0v) is 21.7. The summed E-state index contributed by atoms with van der Waals surface area (Å²) in [6.45, 7) is 2.36. The molecule has 0 spiro atoms. The van der Waals surface area contributed by atoms with E-state index in [0.717, 1.165) is 17.7 Å². The molecular weight excluding hydrogens is 523 g/mol. The van der Waals surface area contributed by atoms with E-state index in [9.17, 15) is 31.5 Å². The van der Waals surface area contributed by atoms with Crippen molar-refractivity contribution in [2.45, 2.75) is 68.8 Å². The molecule has 0 aromatic heterocycles. The number of benzene rings is 2. The summed E-state index contributed by atoms with van der Waals surface area (Å²) in [7, 11) is 1.28. The van der Waals surface area contributed by atoms with Crippen molar-refractivity contribution in [1.82, 2.24) is 10.2 Å². The topological polar surface area (TPSA) is 67.9 Å². The maximum atomic E-state index is 14.2. The minimum atomic E-state index is -4.51. The normalized spacial score (nSPS) is 21.7. The maximum absolute atomic E-state index is 14.2. The molecule has 0 radical (unpaired) electrons. The molecular formula is C28H31F5N2O4. The Hall–Kier alpha value is -3.21. The van der Waals surface area contributed by atoms with Crippen molar-refractivity contribution in [1.29, 1.82) is 0 Å². The van der Waals surface area contributed by atoms with Gasteiger partial charge in [-0.3, -0.25) is 9.69 Å². The Morgan fingerprint density at radius 2 is 1.72 bits per heavy atom. The Labute approximate surface area is 223 Å². The molecule has 1 saturated heterocycles. The number of esters is 1. The highest BCUT2D eigenvalue weighted by atomic mass is 19.4. The largest absolute Gasteiger partial charge is 0.489 e. The molecule has 6 nitrogen and oxygen atoms in total. The Kier molecular flexibility index (Phi) is 8.20. The Bertz CT molecular complexity index is 1180. The second-order valence-electron chi connectivity index (χ2n) is 10.2. The Morgan fingerprint density at radius 3 is 2.33 bits per heavy atom. The summed E-state index contributed by atoms with van der Waals surface area (Å²) in [4.78, 5) is 27.2. The first-order valence-electron chi connectivity index (χ1n) is 12.8. The van der Waals surface area contributed by atoms with E-state index < -0.39 is 54.2 Å². The molecule has 2 aromatic carbocycles. The van der Waals surface area contributed by atoms with Crippen molar-refractivity contribution in [2.24, 2.45) is 0 Å². The number of hydrogen-bond acceptors (Lipinski definition) is 5. The van der Waals surface area contributed by atoms with E-state index in [0.29, 0.717) is 18.5 Å². The first kappa shape index (κ1) is 28.8. The predicted molar refractivity (Wildman–Crippen MR) is 133 cm³/mol. The number of methoxy groups -OCH3 is 1. The molecule has 1 N–H and O–H groups in total. The van der Waals surface area contributed by atoms with E-state index in [1.165, 1.54) is 19.2 Å². The number of nitrogens with one attached hydrogen (secondary N) is 1. The van der Waals surface area contributed by atoms with Gasteiger partial charge in [0.2, 0.25) is 11.8 Å². The number of nitrogens with zero attached hydrogens (tertiary/aromatic N) is 1. The Morgan fingerprint density at radius 1 is 1.05 bits per heavy atom. The van der Waals surface area contributed by atoms with Crippen LogP contribution in [0.25, 0.3) is 0 Å². The molecule has 39 heavy (non-hydrogen) atoms. The fraction of sp³-hybridized carbons (Fsp3) is 0.500. The fourth-order valence-corrected chi connectivity index (χ4v) is 5.31. The molecule has 2 fully saturated rings. The average molecular weight is 555 g/mol. The van der Waals surface area contributed by atoms with E-state index in [1.807, 2.05) is 4.90 Å². The zero-order chi connectivity index (χ0) is 28.4. The lowest BCUT2D eigenvalue weighted by atomic mass is 9.77. The SMILES string of the molecule is COC(=O)c1ccc(C(C)NC(=O)C2(N3CC[C@@H](Oc4cccc(C(F)(F)F)c4)C3)CCC(F)(F)CC2)cc1. The molecule has 0 bridgehead atoms. The van der Waals surface area contributed by atoms with Gasteiger partial charge in [0.25, 0.3) is 0 Å². The molecule has 1 aliphatic heterocycles. The standard InChI is InChI=1S/C28H31F5N2O4/c1-18(19-6-8-20(9-7-19)24(36)38-2)34-25(37)26(11-13-27(29,30)14-12-26)35-15-10-23(17-35)39-22-5-3-4-21(16-22)28(31,32)33/h3-9,16,18,23H,10-15,17H2,1-2H3,(H,34,37)/t18?,23-/m1/s1. The van der Waals surface area contributed by atoms with Crippen LogP contribution in [0.2, 0.25) is 0 Å². The van der Waals surface area contributed by atoms with Gasteiger partial charge in [-0.1, -0.05) is 18.2 Å². The first-order valence-corrected chi connectivity index (χ1v) is 12.8. The van der Waals surface area contributed by atoms with E-state index in [2.05, 4.69) is 5.32 Å². The molecule has 1 amide bonds. The van der Waals surface area contributed by atoms with Crippen LogP contribution >= 0.6 is 0 Å². The highest BCUT2D eigenvalue weighted by Gasteiger charge is 2.53. The molecule has 1 unspecified atom stereocenters. The van der Waals surface area contributed by atoms with Gasteiger partial charge in [-0.05, 0) is 62.1 Å². The lowest BCUT2D eigenvalue weighted by Gasteiger charge is -2.45. The van der Waals surface area contributed by atoms with Crippen LogP contribution in [-0.4, -0.2) is 54.5 Å². The van der Waals surface area contributed by atoms with Gasteiger partial charge in [0.05, 0.1) is 24.3 Å². The van der Waals surface area contributed by atoms with E-state index in [4.69, 9.17) is 9.47 Å². The minimum absolute atomic E-state index is 0.0594. The fourth-order valence-electron chi connectivity index (χ4n) is 5.31. The average Bonchev–Trinajstić information content (AvgIpc) is 3.37. The number of likely N-dealkylation sites (tertiary alicyclic amines) is 1. The number of carbonyl (C=O) groups is 2. The smallest absolute Gasteiger partial charge is 0.416 e. The van der Waals surface area contributed by atoms with Crippen molar-refractivity contribution in [3.05, 3.63) is 65.2 Å². The van der Waals surface area contributed by atoms with Crippen LogP contribution < -0.4 is 10.1 Å². The van der Waals surface area contributed by atoms with Crippen LogP contribution in [0.3, 0.4) is 0 Å². The third-order valence-electron chi connectivity index (χ3n) is 7.63. The Balaban J connectivity index is 1.48. The number of rotatable bonds is 7. The van der Waals surface area contributed by atoms with Gasteiger partial charge in [0.15, 0.2) is 0 Å². The summed E-state index contributed by atoms with van der Waals surface area (Å²) in [6, 6.07) is 10.7. The third-order valence-corrected chi connectivity index (χ3v) is 7.63. The molecule has 1 heterocycles. The summed E-state index contributed by atoms with van der Waals surface area (Å²) in [5, 5.41) is 2.95.